The molecule has 132 valence electrons. The van der Waals surface area contributed by atoms with Crippen molar-refractivity contribution in [2.24, 2.45) is 7.05 Å². The zero-order chi connectivity index (χ0) is 18.7. The lowest BCUT2D eigenvalue weighted by atomic mass is 10.00. The number of aromatic nitrogens is 1. The molecule has 0 fully saturated rings. The number of carbonyl (C=O) groups is 2. The summed E-state index contributed by atoms with van der Waals surface area (Å²) in [4.78, 5) is 23.6. The lowest BCUT2D eigenvalue weighted by Crippen LogP contribution is -2.11. The molecule has 2 aromatic carbocycles. The number of nitrogens with zero attached hydrogens (tertiary/aromatic N) is 1. The highest BCUT2D eigenvalue weighted by Crippen LogP contribution is 2.22. The van der Waals surface area contributed by atoms with Gasteiger partial charge in [-0.05, 0) is 35.2 Å². The maximum atomic E-state index is 12.7. The fourth-order valence-electron chi connectivity index (χ4n) is 3.01. The van der Waals surface area contributed by atoms with Gasteiger partial charge in [-0.25, -0.2) is 0 Å². The van der Waals surface area contributed by atoms with E-state index < -0.39 is 5.97 Å². The van der Waals surface area contributed by atoms with Gasteiger partial charge in [-0.3, -0.25) is 9.59 Å². The molecule has 0 aliphatic rings. The molecule has 0 aliphatic carbocycles. The van der Waals surface area contributed by atoms with Crippen molar-refractivity contribution in [1.82, 2.24) is 4.57 Å². The van der Waals surface area contributed by atoms with E-state index in [4.69, 9.17) is 5.11 Å². The van der Waals surface area contributed by atoms with Crippen LogP contribution in [-0.2, 0) is 24.7 Å². The van der Waals surface area contributed by atoms with Crippen LogP contribution in [0.3, 0.4) is 0 Å². The summed E-state index contributed by atoms with van der Waals surface area (Å²) in [5, 5.41) is 8.93. The largest absolute Gasteiger partial charge is 0.481 e. The van der Waals surface area contributed by atoms with Crippen molar-refractivity contribution in [2.45, 2.75) is 19.8 Å². The first-order chi connectivity index (χ1) is 12.5. The molecule has 0 bridgehead atoms. The summed E-state index contributed by atoms with van der Waals surface area (Å²) in [5.74, 6) is -1.03. The summed E-state index contributed by atoms with van der Waals surface area (Å²) in [6.07, 6.45) is 0.907. The molecular formula is C22H21NO3. The summed E-state index contributed by atoms with van der Waals surface area (Å²) < 4.78 is 1.65. The van der Waals surface area contributed by atoms with E-state index in [1.165, 1.54) is 5.56 Å². The van der Waals surface area contributed by atoms with Crippen LogP contribution in [0.2, 0.25) is 0 Å². The van der Waals surface area contributed by atoms with E-state index in [1.54, 1.807) is 23.7 Å². The highest BCUT2D eigenvalue weighted by atomic mass is 16.4. The molecule has 0 amide bonds. The van der Waals surface area contributed by atoms with E-state index in [-0.39, 0.29) is 12.2 Å². The van der Waals surface area contributed by atoms with Crippen molar-refractivity contribution in [2.75, 3.05) is 0 Å². The zero-order valence-electron chi connectivity index (χ0n) is 14.9. The van der Waals surface area contributed by atoms with Gasteiger partial charge in [0.1, 0.15) is 0 Å². The molecule has 0 atom stereocenters. The Balaban J connectivity index is 1.82. The van der Waals surface area contributed by atoms with E-state index in [0.29, 0.717) is 17.0 Å². The molecule has 3 rings (SSSR count). The number of aryl methyl sites for hydroxylation is 1. The van der Waals surface area contributed by atoms with Crippen LogP contribution in [0.4, 0.5) is 0 Å². The molecule has 1 heterocycles. The van der Waals surface area contributed by atoms with E-state index in [2.05, 4.69) is 31.2 Å². The highest BCUT2D eigenvalue weighted by molar-refractivity contribution is 6.08. The number of hydrogen-bond acceptors (Lipinski definition) is 2. The number of benzene rings is 2. The molecule has 26 heavy (non-hydrogen) atoms. The lowest BCUT2D eigenvalue weighted by Gasteiger charge is -2.07. The van der Waals surface area contributed by atoms with Crippen molar-refractivity contribution in [3.05, 3.63) is 83.2 Å². The summed E-state index contributed by atoms with van der Waals surface area (Å²) in [6, 6.07) is 19.3. The highest BCUT2D eigenvalue weighted by Gasteiger charge is 2.16. The number of rotatable bonds is 6. The van der Waals surface area contributed by atoms with Crippen LogP contribution in [0.25, 0.3) is 11.1 Å². The Morgan fingerprint density at radius 1 is 0.885 bits per heavy atom. The Morgan fingerprint density at radius 2 is 1.46 bits per heavy atom. The second-order valence-corrected chi connectivity index (χ2v) is 6.30. The second-order valence-electron chi connectivity index (χ2n) is 6.30. The molecule has 1 N–H and O–H groups in total. The minimum Gasteiger partial charge on any atom is -0.481 e. The number of carbonyl (C=O) groups excluding carboxylic acids is 1. The molecule has 0 aliphatic heterocycles. The molecule has 0 saturated heterocycles. The van der Waals surface area contributed by atoms with Gasteiger partial charge in [-0.2, -0.15) is 0 Å². The molecule has 4 nitrogen and oxygen atoms in total. The first kappa shape index (κ1) is 17.7. The minimum absolute atomic E-state index is 0.101. The number of ketones is 1. The SMILES string of the molecule is CCc1ccc(-c2ccc(C(=O)c3ccc(CC(=O)O)n3C)cc2)cc1. The molecule has 4 heteroatoms. The minimum atomic E-state index is -0.913. The molecule has 1 aromatic heterocycles. The Morgan fingerprint density at radius 3 is 2.00 bits per heavy atom. The Hall–Kier alpha value is -3.14. The third-order valence-corrected chi connectivity index (χ3v) is 4.63. The number of aliphatic carboxylic acids is 1. The van der Waals surface area contributed by atoms with Gasteiger partial charge in [0.25, 0.3) is 0 Å². The van der Waals surface area contributed by atoms with Crippen molar-refractivity contribution >= 4 is 11.8 Å². The average Bonchev–Trinajstić information content (AvgIpc) is 3.01. The van der Waals surface area contributed by atoms with Gasteiger partial charge in [0.2, 0.25) is 5.78 Å². The predicted molar refractivity (Wildman–Crippen MR) is 101 cm³/mol. The fraction of sp³-hybridized carbons (Fsp3) is 0.182. The summed E-state index contributed by atoms with van der Waals surface area (Å²) in [7, 11) is 1.72. The monoisotopic (exact) mass is 347 g/mol. The smallest absolute Gasteiger partial charge is 0.309 e. The van der Waals surface area contributed by atoms with Crippen LogP contribution < -0.4 is 0 Å². The van der Waals surface area contributed by atoms with Gasteiger partial charge >= 0.3 is 5.97 Å². The number of carboxylic acids is 1. The van der Waals surface area contributed by atoms with Crippen LogP contribution >= 0.6 is 0 Å². The van der Waals surface area contributed by atoms with Crippen LogP contribution in [0, 0.1) is 0 Å². The molecule has 0 unspecified atom stereocenters. The Kier molecular flexibility index (Phi) is 5.03. The first-order valence-electron chi connectivity index (χ1n) is 8.60. The van der Waals surface area contributed by atoms with Crippen LogP contribution in [0.5, 0.6) is 0 Å². The van der Waals surface area contributed by atoms with Crippen molar-refractivity contribution in [3.63, 3.8) is 0 Å². The maximum Gasteiger partial charge on any atom is 0.309 e. The molecule has 0 saturated carbocycles. The predicted octanol–water partition coefficient (Wildman–Crippen LogP) is 4.11. The molecule has 0 spiro atoms. The number of carboxylic acid groups (broad SMARTS) is 1. The summed E-state index contributed by atoms with van der Waals surface area (Å²) in [5.41, 5.74) is 5.14. The van der Waals surface area contributed by atoms with Crippen LogP contribution in [0.15, 0.2) is 60.7 Å². The average molecular weight is 347 g/mol. The van der Waals surface area contributed by atoms with Gasteiger partial charge in [-0.1, -0.05) is 55.5 Å². The van der Waals surface area contributed by atoms with Gasteiger partial charge < -0.3 is 9.67 Å². The van der Waals surface area contributed by atoms with Crippen molar-refractivity contribution < 1.29 is 14.7 Å². The molecule has 3 aromatic rings. The van der Waals surface area contributed by atoms with Gasteiger partial charge in [0.15, 0.2) is 0 Å². The van der Waals surface area contributed by atoms with E-state index in [0.717, 1.165) is 17.5 Å². The second kappa shape index (κ2) is 7.40. The normalized spacial score (nSPS) is 10.7. The number of hydrogen-bond donors (Lipinski definition) is 1. The van der Waals surface area contributed by atoms with E-state index >= 15 is 0 Å². The Labute approximate surface area is 152 Å². The summed E-state index contributed by atoms with van der Waals surface area (Å²) in [6.45, 7) is 2.13. The third-order valence-electron chi connectivity index (χ3n) is 4.63. The lowest BCUT2D eigenvalue weighted by molar-refractivity contribution is -0.136. The van der Waals surface area contributed by atoms with Crippen molar-refractivity contribution in [3.8, 4) is 11.1 Å². The first-order valence-corrected chi connectivity index (χ1v) is 8.60. The topological polar surface area (TPSA) is 59.3 Å². The van der Waals surface area contributed by atoms with Gasteiger partial charge in [0.05, 0.1) is 12.1 Å². The maximum absolute atomic E-state index is 12.7. The van der Waals surface area contributed by atoms with Crippen molar-refractivity contribution in [1.29, 1.82) is 0 Å². The van der Waals surface area contributed by atoms with E-state index in [1.807, 2.05) is 24.3 Å². The standard InChI is InChI=1S/C22H21NO3/c1-3-15-4-6-16(7-5-15)17-8-10-18(11-9-17)22(26)20-13-12-19(23(20)2)14-21(24)25/h4-13H,3,14H2,1-2H3,(H,24,25). The quantitative estimate of drug-likeness (QED) is 0.683. The summed E-state index contributed by atoms with van der Waals surface area (Å²) >= 11 is 0. The fourth-order valence-corrected chi connectivity index (χ4v) is 3.01. The van der Waals surface area contributed by atoms with Gasteiger partial charge in [-0.15, -0.1) is 0 Å². The molecule has 0 radical (unpaired) electrons. The zero-order valence-corrected chi connectivity index (χ0v) is 14.9. The van der Waals surface area contributed by atoms with Gasteiger partial charge in [0, 0.05) is 18.3 Å². The molecular weight excluding hydrogens is 326 g/mol. The van der Waals surface area contributed by atoms with Crippen LogP contribution in [-0.4, -0.2) is 21.4 Å². The van der Waals surface area contributed by atoms with Crippen LogP contribution in [0.1, 0.15) is 34.2 Å². The van der Waals surface area contributed by atoms with E-state index in [9.17, 15) is 9.59 Å². The Bertz CT molecular complexity index is 935. The third kappa shape index (κ3) is 3.59.